The summed E-state index contributed by atoms with van der Waals surface area (Å²) in [4.78, 5) is 43.3. The maximum Gasteiger partial charge on any atom is 0.302 e. The van der Waals surface area contributed by atoms with Gasteiger partial charge in [-0.15, -0.1) is 6.58 Å². The molecule has 6 heteroatoms. The van der Waals surface area contributed by atoms with Gasteiger partial charge in [0.25, 0.3) is 0 Å². The second kappa shape index (κ2) is 12.3. The number of carbonyl (C=O) groups excluding carboxylic acids is 3. The summed E-state index contributed by atoms with van der Waals surface area (Å²) in [5, 5.41) is 3.71. The van der Waals surface area contributed by atoms with Crippen LogP contribution in [0, 0.1) is 79.3 Å². The summed E-state index contributed by atoms with van der Waals surface area (Å²) in [6, 6.07) is -0.0322. The predicted molar refractivity (Wildman–Crippen MR) is 210 cm³/mol. The second-order valence-electron chi connectivity index (χ2n) is 22.3. The first-order chi connectivity index (χ1) is 24.8. The van der Waals surface area contributed by atoms with Crippen LogP contribution in [-0.4, -0.2) is 47.9 Å². The Labute approximate surface area is 322 Å². The molecule has 4 unspecified atom stereocenters. The number of nitrogens with zero attached hydrogens (tertiary/aromatic N) is 1. The highest BCUT2D eigenvalue weighted by atomic mass is 16.5. The molecule has 1 aliphatic heterocycles. The minimum Gasteiger partial charge on any atom is -0.462 e. The van der Waals surface area contributed by atoms with Crippen LogP contribution in [0.2, 0.25) is 0 Å². The normalized spacial score (nSPS) is 52.4. The van der Waals surface area contributed by atoms with E-state index in [9.17, 15) is 9.59 Å². The highest BCUT2D eigenvalue weighted by Crippen LogP contribution is 2.82. The molecule has 0 bridgehead atoms. The zero-order chi connectivity index (χ0) is 38.1. The van der Waals surface area contributed by atoms with Crippen LogP contribution >= 0.6 is 0 Å². The second-order valence-corrected chi connectivity index (χ2v) is 22.3. The molecule has 53 heavy (non-hydrogen) atoms. The molecule has 0 spiro atoms. The number of hydrogen-bond acceptors (Lipinski definition) is 4. The minimum absolute atomic E-state index is 0.00255. The maximum absolute atomic E-state index is 15.3. The number of fused-ring (bicyclic) bond motifs is 7. The first kappa shape index (κ1) is 38.0. The molecule has 15 atom stereocenters. The Bertz CT molecular complexity index is 1530. The SMILES string of the molecule is C=C[C@]1(C)[C@@H](C(=O)N2CCCCC2)C[C@H]1NC(=O)[C@]12CCC(C3CC3C)[C@@H]1[C@@]1(C)CC[C@@H]3[C@@]4(C)CC[C@H](OC(C)=O)C(C)(C)C4CC[C@@]3(C)[C@]1(C)CC2. The third-order valence-corrected chi connectivity index (χ3v) is 20.3. The van der Waals surface area contributed by atoms with Gasteiger partial charge < -0.3 is 15.0 Å². The van der Waals surface area contributed by atoms with Crippen molar-refractivity contribution in [2.75, 3.05) is 13.1 Å². The van der Waals surface area contributed by atoms with Gasteiger partial charge in [0.15, 0.2) is 0 Å². The summed E-state index contributed by atoms with van der Waals surface area (Å²) in [6.07, 6.45) is 18.7. The van der Waals surface area contributed by atoms with Crippen molar-refractivity contribution in [3.8, 4) is 0 Å². The van der Waals surface area contributed by atoms with Crippen LogP contribution in [-0.2, 0) is 19.1 Å². The van der Waals surface area contributed by atoms with E-state index in [2.05, 4.69) is 72.2 Å². The average Bonchev–Trinajstić information content (AvgIpc) is 3.70. The molecular weight excluding hydrogens is 657 g/mol. The zero-order valence-corrected chi connectivity index (χ0v) is 35.1. The van der Waals surface area contributed by atoms with E-state index in [-0.39, 0.29) is 62.4 Å². The third-order valence-electron chi connectivity index (χ3n) is 20.3. The average molecular weight is 731 g/mol. The Morgan fingerprint density at radius 3 is 2.08 bits per heavy atom. The van der Waals surface area contributed by atoms with E-state index < -0.39 is 5.41 Å². The van der Waals surface area contributed by atoms with Crippen molar-refractivity contribution in [1.29, 1.82) is 0 Å². The predicted octanol–water partition coefficient (Wildman–Crippen LogP) is 9.76. The van der Waals surface area contributed by atoms with Gasteiger partial charge in [0.05, 0.1) is 11.3 Å². The van der Waals surface area contributed by atoms with Gasteiger partial charge in [-0.2, -0.15) is 0 Å². The molecule has 2 amide bonds. The molecule has 8 rings (SSSR count). The quantitative estimate of drug-likeness (QED) is 0.218. The van der Waals surface area contributed by atoms with Crippen molar-refractivity contribution < 1.29 is 19.1 Å². The number of nitrogens with one attached hydrogen (secondary N) is 1. The summed E-state index contributed by atoms with van der Waals surface area (Å²) in [5.74, 6) is 4.03. The number of rotatable bonds is 6. The van der Waals surface area contributed by atoms with Crippen LogP contribution in [0.5, 0.6) is 0 Å². The van der Waals surface area contributed by atoms with E-state index in [1.807, 2.05) is 6.08 Å². The summed E-state index contributed by atoms with van der Waals surface area (Å²) in [5.41, 5.74) is -0.157. The Hall–Kier alpha value is -1.85. The third kappa shape index (κ3) is 5.02. The Morgan fingerprint density at radius 2 is 1.43 bits per heavy atom. The Morgan fingerprint density at radius 1 is 0.774 bits per heavy atom. The van der Waals surface area contributed by atoms with Gasteiger partial charge in [-0.3, -0.25) is 14.4 Å². The number of piperidine rings is 1. The van der Waals surface area contributed by atoms with Crippen LogP contribution in [0.25, 0.3) is 0 Å². The van der Waals surface area contributed by atoms with Gasteiger partial charge in [0, 0.05) is 36.9 Å². The zero-order valence-electron chi connectivity index (χ0n) is 35.1. The van der Waals surface area contributed by atoms with Gasteiger partial charge in [-0.25, -0.2) is 0 Å². The molecule has 8 fully saturated rings. The van der Waals surface area contributed by atoms with E-state index in [1.165, 1.54) is 44.9 Å². The lowest BCUT2D eigenvalue weighted by molar-refractivity contribution is -0.278. The van der Waals surface area contributed by atoms with Crippen molar-refractivity contribution in [1.82, 2.24) is 10.2 Å². The number of likely N-dealkylation sites (tertiary alicyclic amines) is 1. The molecule has 0 aromatic carbocycles. The molecule has 0 aromatic rings. The highest BCUT2D eigenvalue weighted by molar-refractivity contribution is 5.86. The molecule has 0 aromatic heterocycles. The number of ether oxygens (including phenoxy) is 1. The molecule has 0 radical (unpaired) electrons. The van der Waals surface area contributed by atoms with E-state index in [0.29, 0.717) is 29.6 Å². The first-order valence-electron chi connectivity index (χ1n) is 22.2. The number of esters is 1. The van der Waals surface area contributed by atoms with Crippen molar-refractivity contribution in [2.24, 2.45) is 79.3 Å². The van der Waals surface area contributed by atoms with Gasteiger partial charge >= 0.3 is 5.97 Å². The minimum atomic E-state index is -0.408. The molecule has 296 valence electrons. The fourth-order valence-electron chi connectivity index (χ4n) is 16.8. The topological polar surface area (TPSA) is 75.7 Å². The fraction of sp³-hybridized carbons (Fsp3) is 0.894. The lowest BCUT2D eigenvalue weighted by Crippen LogP contribution is -2.71. The van der Waals surface area contributed by atoms with Crippen molar-refractivity contribution >= 4 is 17.8 Å². The van der Waals surface area contributed by atoms with Crippen LogP contribution in [0.15, 0.2) is 12.7 Å². The lowest BCUT2D eigenvalue weighted by Gasteiger charge is -2.76. The van der Waals surface area contributed by atoms with E-state index in [4.69, 9.17) is 4.74 Å². The van der Waals surface area contributed by atoms with E-state index >= 15 is 4.79 Å². The van der Waals surface area contributed by atoms with Crippen molar-refractivity contribution in [3.05, 3.63) is 12.7 Å². The summed E-state index contributed by atoms with van der Waals surface area (Å²) >= 11 is 0. The van der Waals surface area contributed by atoms with Gasteiger partial charge in [0.2, 0.25) is 11.8 Å². The standard InChI is InChI=1S/C47H74N2O4/c1-11-42(6)33(39(51)49-25-13-12-14-26-49)28-36(42)48-40(52)47-22-15-31(32-27-29(32)2)38(47)45(9)21-17-35-43(7)19-18-37(53-30(3)50)41(4,5)34(43)16-20-44(35,8)46(45,10)23-24-47/h11,29,31-38H,1,12-28H2,2-10H3,(H,48,52)/t29?,31?,32?,33-,34?,35-,36-,37+,38-,42-,43+,44-,45-,46+,47+/m1/s1. The Kier molecular flexibility index (Phi) is 8.85. The number of hydrogen-bond donors (Lipinski definition) is 1. The van der Waals surface area contributed by atoms with Crippen LogP contribution in [0.1, 0.15) is 159 Å². The molecule has 1 saturated heterocycles. The molecule has 7 saturated carbocycles. The molecule has 6 nitrogen and oxygen atoms in total. The summed E-state index contributed by atoms with van der Waals surface area (Å²) in [6.45, 7) is 27.7. The smallest absolute Gasteiger partial charge is 0.302 e. The molecule has 7 aliphatic carbocycles. The van der Waals surface area contributed by atoms with Crippen molar-refractivity contribution in [3.63, 3.8) is 0 Å². The fourth-order valence-corrected chi connectivity index (χ4v) is 16.8. The van der Waals surface area contributed by atoms with E-state index in [1.54, 1.807) is 6.92 Å². The van der Waals surface area contributed by atoms with Crippen LogP contribution in [0.3, 0.4) is 0 Å². The lowest BCUT2D eigenvalue weighted by atomic mass is 9.29. The number of carbonyl (C=O) groups is 3. The molecular formula is C47H74N2O4. The van der Waals surface area contributed by atoms with Gasteiger partial charge in [-0.1, -0.05) is 61.5 Å². The van der Waals surface area contributed by atoms with E-state index in [0.717, 1.165) is 76.3 Å². The largest absolute Gasteiger partial charge is 0.462 e. The highest BCUT2D eigenvalue weighted by Gasteiger charge is 2.76. The maximum atomic E-state index is 15.3. The molecule has 8 aliphatic rings. The summed E-state index contributed by atoms with van der Waals surface area (Å²) in [7, 11) is 0. The first-order valence-corrected chi connectivity index (χ1v) is 22.2. The number of amides is 2. The molecule has 1 heterocycles. The van der Waals surface area contributed by atoms with Crippen LogP contribution < -0.4 is 5.32 Å². The summed E-state index contributed by atoms with van der Waals surface area (Å²) < 4.78 is 6.02. The monoisotopic (exact) mass is 731 g/mol. The van der Waals surface area contributed by atoms with Gasteiger partial charge in [-0.05, 0) is 153 Å². The van der Waals surface area contributed by atoms with Gasteiger partial charge in [0.1, 0.15) is 6.10 Å². The van der Waals surface area contributed by atoms with Crippen LogP contribution in [0.4, 0.5) is 0 Å². The van der Waals surface area contributed by atoms with Crippen molar-refractivity contribution in [2.45, 2.75) is 171 Å². The Balaban J connectivity index is 1.09. The molecule has 1 N–H and O–H groups in total.